The van der Waals surface area contributed by atoms with Gasteiger partial charge in [-0.3, -0.25) is 14.9 Å². The number of aromatic nitrogens is 1. The molecule has 0 radical (unpaired) electrons. The van der Waals surface area contributed by atoms with Gasteiger partial charge in [0.05, 0.1) is 24.9 Å². The average Bonchev–Trinajstić information content (AvgIpc) is 3.46. The molecule has 0 saturated heterocycles. The number of nitrogens with one attached hydrogen (secondary N) is 1. The van der Waals surface area contributed by atoms with Gasteiger partial charge in [0.1, 0.15) is 11.5 Å². The first-order chi connectivity index (χ1) is 14.6. The van der Waals surface area contributed by atoms with Gasteiger partial charge in [-0.1, -0.05) is 6.92 Å². The zero-order chi connectivity index (χ0) is 20.7. The average molecular weight is 426 g/mol. The third kappa shape index (κ3) is 4.18. The van der Waals surface area contributed by atoms with Gasteiger partial charge in [-0.05, 0) is 49.4 Å². The van der Waals surface area contributed by atoms with Crippen LogP contribution in [0.5, 0.6) is 0 Å². The summed E-state index contributed by atoms with van der Waals surface area (Å²) in [6.07, 6.45) is 4.89. The lowest BCUT2D eigenvalue weighted by Gasteiger charge is -2.21. The highest BCUT2D eigenvalue weighted by Gasteiger charge is 2.37. The first kappa shape index (κ1) is 19.1. The van der Waals surface area contributed by atoms with E-state index in [9.17, 15) is 9.59 Å². The lowest BCUT2D eigenvalue weighted by molar-refractivity contribution is -0.132. The summed E-state index contributed by atoms with van der Waals surface area (Å²) >= 11 is 1.30. The molecular formula is C22H23N3O4S. The number of rotatable bonds is 8. The summed E-state index contributed by atoms with van der Waals surface area (Å²) in [4.78, 5) is 31.3. The summed E-state index contributed by atoms with van der Waals surface area (Å²) in [5, 5.41) is 4.96. The number of anilines is 1. The third-order valence-corrected chi connectivity index (χ3v) is 6.45. The van der Waals surface area contributed by atoms with Gasteiger partial charge in [0.15, 0.2) is 10.9 Å². The Balaban J connectivity index is 1.20. The van der Waals surface area contributed by atoms with E-state index in [4.69, 9.17) is 8.83 Å². The van der Waals surface area contributed by atoms with Crippen molar-refractivity contribution in [1.82, 2.24) is 9.88 Å². The molecule has 3 aromatic heterocycles. The molecule has 0 bridgehead atoms. The van der Waals surface area contributed by atoms with Crippen LogP contribution in [-0.4, -0.2) is 27.7 Å². The predicted molar refractivity (Wildman–Crippen MR) is 111 cm³/mol. The van der Waals surface area contributed by atoms with E-state index in [0.717, 1.165) is 24.4 Å². The predicted octanol–water partition coefficient (Wildman–Crippen LogP) is 4.44. The number of nitrogens with zero attached hydrogens (tertiary/aromatic N) is 2. The highest BCUT2D eigenvalue weighted by atomic mass is 32.1. The van der Waals surface area contributed by atoms with Crippen LogP contribution in [0, 0.1) is 5.92 Å². The van der Waals surface area contributed by atoms with Crippen LogP contribution in [0.4, 0.5) is 5.13 Å². The molecule has 3 aromatic rings. The van der Waals surface area contributed by atoms with Gasteiger partial charge in [-0.25, -0.2) is 4.98 Å². The van der Waals surface area contributed by atoms with Gasteiger partial charge < -0.3 is 13.7 Å². The Morgan fingerprint density at radius 3 is 2.83 bits per heavy atom. The maximum atomic E-state index is 13.0. The summed E-state index contributed by atoms with van der Waals surface area (Å²) in [5.41, 5.74) is 0.650. The smallest absolute Gasteiger partial charge is 0.293 e. The van der Waals surface area contributed by atoms with Crippen molar-refractivity contribution in [3.8, 4) is 0 Å². The molecule has 2 saturated carbocycles. The first-order valence-corrected chi connectivity index (χ1v) is 11.1. The lowest BCUT2D eigenvalue weighted by Crippen LogP contribution is -2.33. The monoisotopic (exact) mass is 425 g/mol. The Hall–Kier alpha value is -2.87. The number of thiazole rings is 1. The van der Waals surface area contributed by atoms with E-state index < -0.39 is 0 Å². The second kappa shape index (κ2) is 7.75. The van der Waals surface area contributed by atoms with Crippen molar-refractivity contribution in [2.75, 3.05) is 5.32 Å². The van der Waals surface area contributed by atoms with Crippen LogP contribution in [0.15, 0.2) is 44.7 Å². The second-order valence-electron chi connectivity index (χ2n) is 8.13. The molecule has 156 valence electrons. The molecule has 7 nitrogen and oxygen atoms in total. The summed E-state index contributed by atoms with van der Waals surface area (Å²) < 4.78 is 11.1. The van der Waals surface area contributed by atoms with E-state index in [1.807, 2.05) is 17.0 Å². The molecule has 30 heavy (non-hydrogen) atoms. The molecule has 3 heterocycles. The number of furan rings is 2. The molecule has 2 fully saturated rings. The van der Waals surface area contributed by atoms with Gasteiger partial charge in [0, 0.05) is 17.3 Å². The van der Waals surface area contributed by atoms with Crippen molar-refractivity contribution >= 4 is 28.3 Å². The highest BCUT2D eigenvalue weighted by Crippen LogP contribution is 2.47. The molecule has 0 aliphatic heterocycles. The maximum absolute atomic E-state index is 13.0. The first-order valence-electron chi connectivity index (χ1n) is 10.2. The van der Waals surface area contributed by atoms with Gasteiger partial charge in [-0.15, -0.1) is 11.3 Å². The number of carbonyl (C=O) groups excluding carboxylic acids is 2. The molecule has 8 heteroatoms. The van der Waals surface area contributed by atoms with E-state index >= 15 is 0 Å². The van der Waals surface area contributed by atoms with Crippen LogP contribution in [0.25, 0.3) is 0 Å². The van der Waals surface area contributed by atoms with Crippen molar-refractivity contribution in [3.63, 3.8) is 0 Å². The fourth-order valence-electron chi connectivity index (χ4n) is 3.64. The van der Waals surface area contributed by atoms with Crippen LogP contribution >= 0.6 is 11.3 Å². The van der Waals surface area contributed by atoms with Gasteiger partial charge in [0.25, 0.3) is 5.91 Å². The zero-order valence-corrected chi connectivity index (χ0v) is 17.5. The van der Waals surface area contributed by atoms with Crippen molar-refractivity contribution in [1.29, 1.82) is 0 Å². The second-order valence-corrected chi connectivity index (χ2v) is 8.99. The van der Waals surface area contributed by atoms with Gasteiger partial charge in [-0.2, -0.15) is 0 Å². The van der Waals surface area contributed by atoms with Gasteiger partial charge in [0.2, 0.25) is 5.91 Å². The number of hydrogen-bond donors (Lipinski definition) is 1. The van der Waals surface area contributed by atoms with Gasteiger partial charge >= 0.3 is 0 Å². The SMILES string of the molecule is CC1CC1c1ccc(CN(C(=O)Cc2csc(NC(=O)c3ccco3)n2)C2CC2)o1. The van der Waals surface area contributed by atoms with Crippen LogP contribution in [0.1, 0.15) is 59.9 Å². The van der Waals surface area contributed by atoms with Crippen LogP contribution in [-0.2, 0) is 17.8 Å². The summed E-state index contributed by atoms with van der Waals surface area (Å²) in [6, 6.07) is 7.56. The van der Waals surface area contributed by atoms with Crippen LogP contribution in [0.2, 0.25) is 0 Å². The lowest BCUT2D eigenvalue weighted by atomic mass is 10.2. The Labute approximate surface area is 178 Å². The van der Waals surface area contributed by atoms with Crippen molar-refractivity contribution < 1.29 is 18.4 Å². The third-order valence-electron chi connectivity index (χ3n) is 5.64. The summed E-state index contributed by atoms with van der Waals surface area (Å²) in [6.45, 7) is 2.73. The Bertz CT molecular complexity index is 1050. The van der Waals surface area contributed by atoms with E-state index in [0.29, 0.717) is 29.2 Å². The molecular weight excluding hydrogens is 402 g/mol. The molecule has 0 aromatic carbocycles. The highest BCUT2D eigenvalue weighted by molar-refractivity contribution is 7.14. The standard InChI is InChI=1S/C22H23N3O4S/c1-13-9-17(13)18-7-6-16(29-18)11-25(15-4-5-15)20(26)10-14-12-30-22(23-14)24-21(27)19-3-2-8-28-19/h2-3,6-8,12-13,15,17H,4-5,9-11H2,1H3,(H,23,24,27). The maximum Gasteiger partial charge on any atom is 0.293 e. The minimum atomic E-state index is -0.356. The van der Waals surface area contributed by atoms with Crippen LogP contribution in [0.3, 0.4) is 0 Å². The van der Waals surface area contributed by atoms with E-state index in [1.165, 1.54) is 24.0 Å². The molecule has 2 atom stereocenters. The van der Waals surface area contributed by atoms with E-state index in [1.54, 1.807) is 17.5 Å². The molecule has 2 unspecified atom stereocenters. The quantitative estimate of drug-likeness (QED) is 0.576. The molecule has 2 aliphatic carbocycles. The minimum Gasteiger partial charge on any atom is -0.464 e. The fraction of sp³-hybridized carbons (Fsp3) is 0.409. The topological polar surface area (TPSA) is 88.6 Å². The summed E-state index contributed by atoms with van der Waals surface area (Å²) in [5.74, 6) is 3.01. The number of hydrogen-bond acceptors (Lipinski definition) is 6. The van der Waals surface area contributed by atoms with Crippen molar-refractivity contribution in [3.05, 3.63) is 58.9 Å². The van der Waals surface area contributed by atoms with E-state index in [2.05, 4.69) is 17.2 Å². The minimum absolute atomic E-state index is 0.0319. The number of amides is 2. The Morgan fingerprint density at radius 1 is 1.30 bits per heavy atom. The molecule has 0 spiro atoms. The largest absolute Gasteiger partial charge is 0.464 e. The Morgan fingerprint density at radius 2 is 2.13 bits per heavy atom. The molecule has 2 aliphatic rings. The van der Waals surface area contributed by atoms with E-state index in [-0.39, 0.29) is 30.0 Å². The molecule has 1 N–H and O–H groups in total. The Kier molecular flexibility index (Phi) is 4.94. The zero-order valence-electron chi connectivity index (χ0n) is 16.7. The fourth-order valence-corrected chi connectivity index (χ4v) is 4.35. The molecule has 5 rings (SSSR count). The van der Waals surface area contributed by atoms with Crippen molar-refractivity contribution in [2.24, 2.45) is 5.92 Å². The molecule has 2 amide bonds. The van der Waals surface area contributed by atoms with Crippen LogP contribution < -0.4 is 5.32 Å². The summed E-state index contributed by atoms with van der Waals surface area (Å²) in [7, 11) is 0. The van der Waals surface area contributed by atoms with Crippen molar-refractivity contribution in [2.45, 2.75) is 51.1 Å². The number of carbonyl (C=O) groups is 2. The normalized spacial score (nSPS) is 20.2.